The summed E-state index contributed by atoms with van der Waals surface area (Å²) in [6.07, 6.45) is 2.19. The highest BCUT2D eigenvalue weighted by atomic mass is 32.1. The molecule has 1 fully saturated rings. The van der Waals surface area contributed by atoms with E-state index in [0.717, 1.165) is 41.7 Å². The summed E-state index contributed by atoms with van der Waals surface area (Å²) in [6, 6.07) is 14.6. The van der Waals surface area contributed by atoms with E-state index >= 15 is 0 Å². The van der Waals surface area contributed by atoms with E-state index in [1.165, 1.54) is 11.1 Å². The molecule has 1 aliphatic heterocycles. The molecule has 1 N–H and O–H groups in total. The van der Waals surface area contributed by atoms with Crippen LogP contribution in [0, 0.1) is 6.92 Å². The number of aryl methyl sites for hydroxylation is 1. The van der Waals surface area contributed by atoms with Crippen LogP contribution in [0.2, 0.25) is 0 Å². The van der Waals surface area contributed by atoms with Crippen molar-refractivity contribution in [3.05, 3.63) is 53.6 Å². The standard InChI is InChI=1S/C20H24N2O2S/c1-14-6-4-7-16(12-14)21-20(25)22-11-5-8-17(22)15-9-10-18(23-2)19(13-15)24-3/h4,6-7,9-10,12-13,17H,5,8,11H2,1-3H3,(H,21,25)/t17-/m0/s1. The lowest BCUT2D eigenvalue weighted by Crippen LogP contribution is -2.34. The van der Waals surface area contributed by atoms with Crippen LogP contribution in [0.25, 0.3) is 0 Å². The molecule has 2 aromatic carbocycles. The van der Waals surface area contributed by atoms with Crippen molar-refractivity contribution in [2.75, 3.05) is 26.1 Å². The molecule has 0 bridgehead atoms. The molecule has 1 aliphatic rings. The Kier molecular flexibility index (Phi) is 5.43. The first-order valence-electron chi connectivity index (χ1n) is 8.48. The summed E-state index contributed by atoms with van der Waals surface area (Å²) >= 11 is 5.68. The quantitative estimate of drug-likeness (QED) is 0.813. The number of nitrogens with zero attached hydrogens (tertiary/aromatic N) is 1. The highest BCUT2D eigenvalue weighted by Gasteiger charge is 2.28. The molecule has 4 nitrogen and oxygen atoms in total. The third-order valence-electron chi connectivity index (χ3n) is 4.58. The fourth-order valence-corrected chi connectivity index (χ4v) is 3.67. The van der Waals surface area contributed by atoms with Crippen molar-refractivity contribution >= 4 is 23.0 Å². The highest BCUT2D eigenvalue weighted by Crippen LogP contribution is 2.37. The molecule has 0 unspecified atom stereocenters. The number of ether oxygens (including phenoxy) is 2. The minimum atomic E-state index is 0.254. The normalized spacial score (nSPS) is 16.6. The lowest BCUT2D eigenvalue weighted by molar-refractivity contribution is 0.351. The Bertz CT molecular complexity index is 763. The van der Waals surface area contributed by atoms with Crippen LogP contribution in [-0.4, -0.2) is 30.8 Å². The van der Waals surface area contributed by atoms with Crippen molar-refractivity contribution in [3.63, 3.8) is 0 Å². The number of rotatable bonds is 4. The summed E-state index contributed by atoms with van der Waals surface area (Å²) in [7, 11) is 3.32. The molecule has 2 aromatic rings. The number of likely N-dealkylation sites (tertiary alicyclic amines) is 1. The molecule has 1 heterocycles. The van der Waals surface area contributed by atoms with E-state index in [1.807, 2.05) is 18.2 Å². The van der Waals surface area contributed by atoms with E-state index in [1.54, 1.807) is 14.2 Å². The van der Waals surface area contributed by atoms with E-state index in [4.69, 9.17) is 21.7 Å². The van der Waals surface area contributed by atoms with E-state index in [0.29, 0.717) is 0 Å². The third kappa shape index (κ3) is 3.87. The molecule has 3 rings (SSSR count). The van der Waals surface area contributed by atoms with E-state index in [2.05, 4.69) is 41.4 Å². The van der Waals surface area contributed by atoms with Gasteiger partial charge in [0.05, 0.1) is 20.3 Å². The van der Waals surface area contributed by atoms with Crippen molar-refractivity contribution in [1.29, 1.82) is 0 Å². The number of anilines is 1. The molecule has 132 valence electrons. The van der Waals surface area contributed by atoms with Crippen LogP contribution in [-0.2, 0) is 0 Å². The average molecular weight is 356 g/mol. The smallest absolute Gasteiger partial charge is 0.173 e. The molecule has 1 saturated heterocycles. The van der Waals surface area contributed by atoms with Gasteiger partial charge in [-0.3, -0.25) is 0 Å². The first kappa shape index (κ1) is 17.5. The van der Waals surface area contributed by atoms with Gasteiger partial charge in [0.2, 0.25) is 0 Å². The Morgan fingerprint density at radius 1 is 1.12 bits per heavy atom. The maximum Gasteiger partial charge on any atom is 0.173 e. The molecule has 0 aromatic heterocycles. The molecule has 1 atom stereocenters. The van der Waals surface area contributed by atoms with Gasteiger partial charge in [0.25, 0.3) is 0 Å². The van der Waals surface area contributed by atoms with Gasteiger partial charge in [-0.2, -0.15) is 0 Å². The minimum absolute atomic E-state index is 0.254. The third-order valence-corrected chi connectivity index (χ3v) is 4.91. The average Bonchev–Trinajstić information content (AvgIpc) is 3.11. The van der Waals surface area contributed by atoms with Crippen LogP contribution in [0.5, 0.6) is 11.5 Å². The zero-order chi connectivity index (χ0) is 17.8. The minimum Gasteiger partial charge on any atom is -0.493 e. The largest absolute Gasteiger partial charge is 0.493 e. The summed E-state index contributed by atoms with van der Waals surface area (Å²) in [4.78, 5) is 2.26. The van der Waals surface area contributed by atoms with Crippen LogP contribution in [0.4, 0.5) is 5.69 Å². The summed E-state index contributed by atoms with van der Waals surface area (Å²) in [5.74, 6) is 1.50. The van der Waals surface area contributed by atoms with Crippen LogP contribution < -0.4 is 14.8 Å². The Hall–Kier alpha value is -2.27. The maximum atomic E-state index is 5.68. The van der Waals surface area contributed by atoms with Gasteiger partial charge in [0, 0.05) is 12.2 Å². The number of nitrogens with one attached hydrogen (secondary N) is 1. The number of thiocarbonyl (C=S) groups is 1. The Labute approximate surface area is 154 Å². The first-order chi connectivity index (χ1) is 12.1. The predicted octanol–water partition coefficient (Wildman–Crippen LogP) is 4.55. The van der Waals surface area contributed by atoms with Gasteiger partial charge in [0.15, 0.2) is 16.6 Å². The van der Waals surface area contributed by atoms with Crippen LogP contribution in [0.1, 0.15) is 30.0 Å². The highest BCUT2D eigenvalue weighted by molar-refractivity contribution is 7.80. The molecular formula is C20H24N2O2S. The first-order valence-corrected chi connectivity index (χ1v) is 8.89. The van der Waals surface area contributed by atoms with Crippen molar-refractivity contribution < 1.29 is 9.47 Å². The van der Waals surface area contributed by atoms with Gasteiger partial charge in [-0.05, 0) is 67.4 Å². The number of hydrogen-bond acceptors (Lipinski definition) is 3. The number of methoxy groups -OCH3 is 2. The summed E-state index contributed by atoms with van der Waals surface area (Å²) in [6.45, 7) is 3.03. The van der Waals surface area contributed by atoms with Gasteiger partial charge in [-0.15, -0.1) is 0 Å². The van der Waals surface area contributed by atoms with E-state index in [-0.39, 0.29) is 6.04 Å². The monoisotopic (exact) mass is 356 g/mol. The zero-order valence-corrected chi connectivity index (χ0v) is 15.7. The molecule has 0 radical (unpaired) electrons. The molecule has 25 heavy (non-hydrogen) atoms. The van der Waals surface area contributed by atoms with Gasteiger partial charge in [-0.1, -0.05) is 18.2 Å². The van der Waals surface area contributed by atoms with Crippen molar-refractivity contribution in [1.82, 2.24) is 4.90 Å². The van der Waals surface area contributed by atoms with Crippen LogP contribution >= 0.6 is 12.2 Å². The van der Waals surface area contributed by atoms with Crippen LogP contribution in [0.15, 0.2) is 42.5 Å². The maximum absolute atomic E-state index is 5.68. The molecule has 5 heteroatoms. The summed E-state index contributed by atoms with van der Waals surface area (Å²) in [5.41, 5.74) is 3.44. The molecule has 0 spiro atoms. The van der Waals surface area contributed by atoms with Crippen molar-refractivity contribution in [2.24, 2.45) is 0 Å². The van der Waals surface area contributed by atoms with E-state index < -0.39 is 0 Å². The van der Waals surface area contributed by atoms with Crippen LogP contribution in [0.3, 0.4) is 0 Å². The molecule has 0 saturated carbocycles. The summed E-state index contributed by atoms with van der Waals surface area (Å²) in [5, 5.41) is 4.14. The second-order valence-electron chi connectivity index (χ2n) is 6.27. The van der Waals surface area contributed by atoms with Gasteiger partial charge >= 0.3 is 0 Å². The second kappa shape index (κ2) is 7.74. The topological polar surface area (TPSA) is 33.7 Å². The van der Waals surface area contributed by atoms with Gasteiger partial charge in [-0.25, -0.2) is 0 Å². The Morgan fingerprint density at radius 2 is 1.92 bits per heavy atom. The summed E-state index contributed by atoms with van der Waals surface area (Å²) < 4.78 is 10.8. The molecule has 0 amide bonds. The van der Waals surface area contributed by atoms with Crippen molar-refractivity contribution in [2.45, 2.75) is 25.8 Å². The van der Waals surface area contributed by atoms with Gasteiger partial charge in [0.1, 0.15) is 0 Å². The SMILES string of the molecule is COc1ccc([C@@H]2CCCN2C(=S)Nc2cccc(C)c2)cc1OC. The molecular weight excluding hydrogens is 332 g/mol. The number of hydrogen-bond donors (Lipinski definition) is 1. The Balaban J connectivity index is 1.79. The fourth-order valence-electron chi connectivity index (χ4n) is 3.33. The number of benzene rings is 2. The lowest BCUT2D eigenvalue weighted by Gasteiger charge is -2.28. The predicted molar refractivity (Wildman–Crippen MR) is 106 cm³/mol. The Morgan fingerprint density at radius 3 is 2.64 bits per heavy atom. The lowest BCUT2D eigenvalue weighted by atomic mass is 10.0. The van der Waals surface area contributed by atoms with E-state index in [9.17, 15) is 0 Å². The second-order valence-corrected chi connectivity index (χ2v) is 6.65. The zero-order valence-electron chi connectivity index (χ0n) is 14.9. The molecule has 0 aliphatic carbocycles. The fraction of sp³-hybridized carbons (Fsp3) is 0.350. The van der Waals surface area contributed by atoms with Gasteiger partial charge < -0.3 is 19.7 Å². The van der Waals surface area contributed by atoms with Crippen molar-refractivity contribution in [3.8, 4) is 11.5 Å².